The highest BCUT2D eigenvalue weighted by Crippen LogP contribution is 2.34. The summed E-state index contributed by atoms with van der Waals surface area (Å²) in [6.07, 6.45) is 2.29. The molecule has 5 heteroatoms. The summed E-state index contributed by atoms with van der Waals surface area (Å²) in [4.78, 5) is 25.1. The Morgan fingerprint density at radius 2 is 2.10 bits per heavy atom. The molecular weight excluding hydrogens is 270 g/mol. The molecule has 1 amide bonds. The molecule has 1 aromatic carbocycles. The number of ether oxygens (including phenoxy) is 2. The van der Waals surface area contributed by atoms with Gasteiger partial charge < -0.3 is 9.47 Å². The molecule has 0 unspecified atom stereocenters. The normalized spacial score (nSPS) is 16.5. The Labute approximate surface area is 124 Å². The highest BCUT2D eigenvalue weighted by molar-refractivity contribution is 5.91. The van der Waals surface area contributed by atoms with E-state index < -0.39 is 0 Å². The number of hydrogen-bond donors (Lipinski definition) is 0. The highest BCUT2D eigenvalue weighted by atomic mass is 16.5. The van der Waals surface area contributed by atoms with Gasteiger partial charge in [0.1, 0.15) is 0 Å². The molecule has 0 saturated heterocycles. The molecule has 5 nitrogen and oxygen atoms in total. The van der Waals surface area contributed by atoms with Crippen molar-refractivity contribution >= 4 is 17.7 Å². The van der Waals surface area contributed by atoms with Crippen molar-refractivity contribution < 1.29 is 19.1 Å². The molecule has 0 aromatic heterocycles. The van der Waals surface area contributed by atoms with Gasteiger partial charge in [-0.3, -0.25) is 9.69 Å². The number of benzene rings is 1. The summed E-state index contributed by atoms with van der Waals surface area (Å²) in [6, 6.07) is 7.88. The number of hydrogen-bond acceptors (Lipinski definition) is 4. The van der Waals surface area contributed by atoms with Crippen LogP contribution in [0.2, 0.25) is 0 Å². The third kappa shape index (κ3) is 3.54. The van der Waals surface area contributed by atoms with Gasteiger partial charge in [0.2, 0.25) is 0 Å². The van der Waals surface area contributed by atoms with Crippen LogP contribution in [0.25, 0.3) is 0 Å². The molecule has 0 saturated carbocycles. The number of para-hydroxylation sites is 1. The van der Waals surface area contributed by atoms with E-state index in [1.54, 1.807) is 11.8 Å². The average Bonchev–Trinajstić information content (AvgIpc) is 2.85. The van der Waals surface area contributed by atoms with Crippen LogP contribution in [-0.2, 0) is 20.7 Å². The zero-order chi connectivity index (χ0) is 15.2. The molecule has 21 heavy (non-hydrogen) atoms. The number of nitrogens with zero attached hydrogens (tertiary/aromatic N) is 1. The average molecular weight is 291 g/mol. The third-order valence-corrected chi connectivity index (χ3v) is 3.67. The van der Waals surface area contributed by atoms with E-state index in [1.165, 1.54) is 7.11 Å². The van der Waals surface area contributed by atoms with Crippen LogP contribution in [0.1, 0.15) is 31.7 Å². The van der Waals surface area contributed by atoms with Gasteiger partial charge in [-0.2, -0.15) is 0 Å². The first kappa shape index (κ1) is 15.4. The Kier molecular flexibility index (Phi) is 5.20. The number of methoxy groups -OCH3 is 1. The fourth-order valence-electron chi connectivity index (χ4n) is 2.75. The summed E-state index contributed by atoms with van der Waals surface area (Å²) in [7, 11) is 1.39. The number of amides is 1. The number of fused-ring (bicyclic) bond motifs is 1. The van der Waals surface area contributed by atoms with Crippen LogP contribution < -0.4 is 4.90 Å². The Morgan fingerprint density at radius 1 is 1.33 bits per heavy atom. The first-order valence-electron chi connectivity index (χ1n) is 7.28. The lowest BCUT2D eigenvalue weighted by molar-refractivity contribution is -0.143. The number of anilines is 1. The minimum Gasteiger partial charge on any atom is -0.466 e. The Bertz CT molecular complexity index is 515. The van der Waals surface area contributed by atoms with Crippen molar-refractivity contribution in [1.82, 2.24) is 0 Å². The van der Waals surface area contributed by atoms with Gasteiger partial charge in [0.05, 0.1) is 19.4 Å². The van der Waals surface area contributed by atoms with Crippen molar-refractivity contribution in [2.24, 2.45) is 0 Å². The van der Waals surface area contributed by atoms with Gasteiger partial charge in [-0.1, -0.05) is 18.2 Å². The molecule has 0 fully saturated rings. The van der Waals surface area contributed by atoms with Crippen LogP contribution in [0.5, 0.6) is 0 Å². The van der Waals surface area contributed by atoms with Gasteiger partial charge >= 0.3 is 12.1 Å². The van der Waals surface area contributed by atoms with E-state index in [0.717, 1.165) is 24.1 Å². The topological polar surface area (TPSA) is 55.8 Å². The van der Waals surface area contributed by atoms with E-state index in [2.05, 4.69) is 0 Å². The number of esters is 1. The third-order valence-electron chi connectivity index (χ3n) is 3.67. The summed E-state index contributed by atoms with van der Waals surface area (Å²) in [5.74, 6) is -0.183. The lowest BCUT2D eigenvalue weighted by atomic mass is 10.0. The number of rotatable bonds is 5. The van der Waals surface area contributed by atoms with Crippen molar-refractivity contribution in [3.05, 3.63) is 29.8 Å². The van der Waals surface area contributed by atoms with Gasteiger partial charge in [-0.05, 0) is 37.8 Å². The van der Waals surface area contributed by atoms with Gasteiger partial charge in [0.15, 0.2) is 0 Å². The molecule has 2 rings (SSSR count). The second-order valence-electron chi connectivity index (χ2n) is 5.02. The van der Waals surface area contributed by atoms with E-state index in [-0.39, 0.29) is 18.1 Å². The lowest BCUT2D eigenvalue weighted by Gasteiger charge is -2.24. The molecule has 0 aliphatic carbocycles. The molecule has 1 atom stereocenters. The first-order chi connectivity index (χ1) is 10.2. The smallest absolute Gasteiger partial charge is 0.414 e. The summed E-state index contributed by atoms with van der Waals surface area (Å²) >= 11 is 0. The van der Waals surface area contributed by atoms with Crippen molar-refractivity contribution in [2.45, 2.75) is 38.6 Å². The van der Waals surface area contributed by atoms with E-state index in [1.807, 2.05) is 24.3 Å². The Hall–Kier alpha value is -2.04. The zero-order valence-corrected chi connectivity index (χ0v) is 12.5. The van der Waals surface area contributed by atoms with E-state index in [4.69, 9.17) is 9.47 Å². The SMILES string of the molecule is CCOC(=O)CCC[C@@H]1Cc2ccccc2N1C(=O)OC. The molecule has 1 aliphatic rings. The van der Waals surface area contributed by atoms with Crippen LogP contribution in [0, 0.1) is 0 Å². The lowest BCUT2D eigenvalue weighted by Crippen LogP contribution is -2.37. The van der Waals surface area contributed by atoms with Gasteiger partial charge in [-0.15, -0.1) is 0 Å². The predicted molar refractivity (Wildman–Crippen MR) is 79.3 cm³/mol. The molecular formula is C16H21NO4. The summed E-state index contributed by atoms with van der Waals surface area (Å²) in [6.45, 7) is 2.20. The number of carbonyl (C=O) groups excluding carboxylic acids is 2. The second-order valence-corrected chi connectivity index (χ2v) is 5.02. The van der Waals surface area contributed by atoms with Crippen LogP contribution in [-0.4, -0.2) is 31.8 Å². The van der Waals surface area contributed by atoms with Crippen molar-refractivity contribution in [3.63, 3.8) is 0 Å². The fourth-order valence-corrected chi connectivity index (χ4v) is 2.75. The maximum Gasteiger partial charge on any atom is 0.414 e. The molecule has 1 heterocycles. The molecule has 1 aliphatic heterocycles. The molecule has 1 aromatic rings. The van der Waals surface area contributed by atoms with Crippen molar-refractivity contribution in [2.75, 3.05) is 18.6 Å². The minimum atomic E-state index is -0.346. The van der Waals surface area contributed by atoms with Gasteiger partial charge in [0, 0.05) is 12.5 Å². The van der Waals surface area contributed by atoms with Crippen LogP contribution in [0.4, 0.5) is 10.5 Å². The van der Waals surface area contributed by atoms with Gasteiger partial charge in [-0.25, -0.2) is 4.79 Å². The van der Waals surface area contributed by atoms with E-state index in [9.17, 15) is 9.59 Å². The molecule has 0 bridgehead atoms. The van der Waals surface area contributed by atoms with Crippen molar-refractivity contribution in [1.29, 1.82) is 0 Å². The van der Waals surface area contributed by atoms with Crippen LogP contribution in [0.3, 0.4) is 0 Å². The molecule has 0 spiro atoms. The minimum absolute atomic E-state index is 0.0456. The molecule has 114 valence electrons. The predicted octanol–water partition coefficient (Wildman–Crippen LogP) is 2.92. The molecule has 0 N–H and O–H groups in total. The fraction of sp³-hybridized carbons (Fsp3) is 0.500. The second kappa shape index (κ2) is 7.11. The Balaban J connectivity index is 2.00. The summed E-state index contributed by atoms with van der Waals surface area (Å²) in [5, 5.41) is 0. The quantitative estimate of drug-likeness (QED) is 0.783. The maximum atomic E-state index is 12.0. The number of carbonyl (C=O) groups is 2. The van der Waals surface area contributed by atoms with Gasteiger partial charge in [0.25, 0.3) is 0 Å². The first-order valence-corrected chi connectivity index (χ1v) is 7.28. The largest absolute Gasteiger partial charge is 0.466 e. The highest BCUT2D eigenvalue weighted by Gasteiger charge is 2.33. The standard InChI is InChI=1S/C16H21NO4/c1-3-21-15(18)10-6-8-13-11-12-7-4-5-9-14(12)17(13)16(19)20-2/h4-5,7,9,13H,3,6,8,10-11H2,1-2H3/t13-/m1/s1. The van der Waals surface area contributed by atoms with Crippen LogP contribution >= 0.6 is 0 Å². The van der Waals surface area contributed by atoms with E-state index in [0.29, 0.717) is 19.4 Å². The summed E-state index contributed by atoms with van der Waals surface area (Å²) in [5.41, 5.74) is 2.05. The summed E-state index contributed by atoms with van der Waals surface area (Å²) < 4.78 is 9.80. The Morgan fingerprint density at radius 3 is 2.81 bits per heavy atom. The van der Waals surface area contributed by atoms with E-state index >= 15 is 0 Å². The maximum absolute atomic E-state index is 12.0. The van der Waals surface area contributed by atoms with Crippen LogP contribution in [0.15, 0.2) is 24.3 Å². The van der Waals surface area contributed by atoms with Crippen molar-refractivity contribution in [3.8, 4) is 0 Å². The zero-order valence-electron chi connectivity index (χ0n) is 12.5. The molecule has 0 radical (unpaired) electrons. The monoisotopic (exact) mass is 291 g/mol.